The highest BCUT2D eigenvalue weighted by Crippen LogP contribution is 2.22. The molecule has 108 valence electrons. The van der Waals surface area contributed by atoms with Gasteiger partial charge in [-0.1, -0.05) is 6.07 Å². The molecule has 1 aliphatic rings. The van der Waals surface area contributed by atoms with Crippen molar-refractivity contribution < 1.29 is 19.1 Å². The number of carbonyl (C=O) groups excluding carboxylic acids is 1. The lowest BCUT2D eigenvalue weighted by atomic mass is 9.93. The second kappa shape index (κ2) is 6.03. The molecule has 1 aromatic rings. The standard InChI is InChI=1S/C15H18FNO3/c1-10-2-3-12(13(16)8-10)15(20)17-6-4-11(5-7-17)9-14(18)19/h2-3,8,11H,4-7,9H2,1H3,(H,18,19). The van der Waals surface area contributed by atoms with Crippen molar-refractivity contribution in [2.45, 2.75) is 26.2 Å². The van der Waals surface area contributed by atoms with Crippen molar-refractivity contribution in [1.82, 2.24) is 4.90 Å². The Labute approximate surface area is 117 Å². The fourth-order valence-corrected chi connectivity index (χ4v) is 2.55. The summed E-state index contributed by atoms with van der Waals surface area (Å²) < 4.78 is 13.8. The van der Waals surface area contributed by atoms with E-state index in [1.54, 1.807) is 17.9 Å². The second-order valence-corrected chi connectivity index (χ2v) is 5.32. The van der Waals surface area contributed by atoms with E-state index in [1.165, 1.54) is 12.1 Å². The van der Waals surface area contributed by atoms with Crippen LogP contribution in [-0.2, 0) is 4.79 Å². The first kappa shape index (κ1) is 14.5. The molecular formula is C15H18FNO3. The monoisotopic (exact) mass is 279 g/mol. The molecule has 1 heterocycles. The van der Waals surface area contributed by atoms with E-state index in [-0.39, 0.29) is 23.8 Å². The number of amides is 1. The number of aliphatic carboxylic acids is 1. The minimum absolute atomic E-state index is 0.0901. The number of carbonyl (C=O) groups is 2. The van der Waals surface area contributed by atoms with Crippen LogP contribution in [0.2, 0.25) is 0 Å². The molecule has 2 rings (SSSR count). The van der Waals surface area contributed by atoms with Gasteiger partial charge in [-0.2, -0.15) is 0 Å². The average Bonchev–Trinajstić information content (AvgIpc) is 2.38. The molecule has 0 spiro atoms. The highest BCUT2D eigenvalue weighted by atomic mass is 19.1. The quantitative estimate of drug-likeness (QED) is 0.924. The first-order valence-corrected chi connectivity index (χ1v) is 6.74. The van der Waals surface area contributed by atoms with Crippen molar-refractivity contribution in [3.8, 4) is 0 Å². The zero-order valence-electron chi connectivity index (χ0n) is 11.4. The van der Waals surface area contributed by atoms with E-state index >= 15 is 0 Å². The molecule has 5 heteroatoms. The Morgan fingerprint density at radius 3 is 2.55 bits per heavy atom. The molecule has 1 fully saturated rings. The summed E-state index contributed by atoms with van der Waals surface area (Å²) in [5.74, 6) is -1.50. The van der Waals surface area contributed by atoms with Crippen LogP contribution in [0.4, 0.5) is 4.39 Å². The van der Waals surface area contributed by atoms with Gasteiger partial charge >= 0.3 is 5.97 Å². The number of piperidine rings is 1. The molecule has 4 nitrogen and oxygen atoms in total. The van der Waals surface area contributed by atoms with Gasteiger partial charge in [0.1, 0.15) is 5.82 Å². The minimum Gasteiger partial charge on any atom is -0.481 e. The molecule has 1 saturated heterocycles. The maximum absolute atomic E-state index is 13.8. The predicted molar refractivity (Wildman–Crippen MR) is 72.0 cm³/mol. The second-order valence-electron chi connectivity index (χ2n) is 5.32. The molecule has 0 unspecified atom stereocenters. The number of likely N-dealkylation sites (tertiary alicyclic amines) is 1. The van der Waals surface area contributed by atoms with Crippen LogP contribution in [0.3, 0.4) is 0 Å². The van der Waals surface area contributed by atoms with Crippen LogP contribution < -0.4 is 0 Å². The van der Waals surface area contributed by atoms with E-state index in [2.05, 4.69) is 0 Å². The highest BCUT2D eigenvalue weighted by Gasteiger charge is 2.26. The molecule has 1 aromatic carbocycles. The molecule has 0 bridgehead atoms. The number of rotatable bonds is 3. The third kappa shape index (κ3) is 3.35. The van der Waals surface area contributed by atoms with Gasteiger partial charge in [0.25, 0.3) is 5.91 Å². The summed E-state index contributed by atoms with van der Waals surface area (Å²) in [6, 6.07) is 4.58. The van der Waals surface area contributed by atoms with Gasteiger partial charge in [0.15, 0.2) is 0 Å². The lowest BCUT2D eigenvalue weighted by Crippen LogP contribution is -2.39. The predicted octanol–water partition coefficient (Wildman–Crippen LogP) is 2.46. The highest BCUT2D eigenvalue weighted by molar-refractivity contribution is 5.94. The summed E-state index contributed by atoms with van der Waals surface area (Å²) in [5, 5.41) is 8.75. The Hall–Kier alpha value is -1.91. The smallest absolute Gasteiger partial charge is 0.303 e. The van der Waals surface area contributed by atoms with Crippen LogP contribution in [-0.4, -0.2) is 35.0 Å². The molecule has 0 atom stereocenters. The summed E-state index contributed by atoms with van der Waals surface area (Å²) in [7, 11) is 0. The summed E-state index contributed by atoms with van der Waals surface area (Å²) in [6.45, 7) is 2.75. The van der Waals surface area contributed by atoms with Crippen molar-refractivity contribution >= 4 is 11.9 Å². The zero-order chi connectivity index (χ0) is 14.7. The lowest BCUT2D eigenvalue weighted by molar-refractivity contribution is -0.138. The number of aryl methyl sites for hydroxylation is 1. The SMILES string of the molecule is Cc1ccc(C(=O)N2CCC(CC(=O)O)CC2)c(F)c1. The van der Waals surface area contributed by atoms with Gasteiger partial charge in [0.05, 0.1) is 5.56 Å². The first-order chi connectivity index (χ1) is 9.47. The Balaban J connectivity index is 1.99. The van der Waals surface area contributed by atoms with Gasteiger partial charge in [-0.25, -0.2) is 4.39 Å². The molecule has 0 radical (unpaired) electrons. The normalized spacial score (nSPS) is 16.2. The van der Waals surface area contributed by atoms with Gasteiger partial charge in [-0.15, -0.1) is 0 Å². The Morgan fingerprint density at radius 1 is 1.35 bits per heavy atom. The maximum atomic E-state index is 13.8. The van der Waals surface area contributed by atoms with E-state index in [4.69, 9.17) is 5.11 Å². The lowest BCUT2D eigenvalue weighted by Gasteiger charge is -2.31. The van der Waals surface area contributed by atoms with E-state index in [1.807, 2.05) is 0 Å². The summed E-state index contributed by atoms with van der Waals surface area (Å²) in [4.78, 5) is 24.5. The van der Waals surface area contributed by atoms with Crippen molar-refractivity contribution in [3.05, 3.63) is 35.1 Å². The van der Waals surface area contributed by atoms with Crippen LogP contribution in [0.1, 0.15) is 35.2 Å². The third-order valence-corrected chi connectivity index (χ3v) is 3.72. The van der Waals surface area contributed by atoms with Crippen LogP contribution >= 0.6 is 0 Å². The van der Waals surface area contributed by atoms with Gasteiger partial charge < -0.3 is 10.0 Å². The Kier molecular flexibility index (Phi) is 4.37. The molecule has 20 heavy (non-hydrogen) atoms. The number of carboxylic acid groups (broad SMARTS) is 1. The van der Waals surface area contributed by atoms with E-state index in [0.29, 0.717) is 25.9 Å². The molecule has 0 saturated carbocycles. The van der Waals surface area contributed by atoms with Gasteiger partial charge in [0.2, 0.25) is 0 Å². The van der Waals surface area contributed by atoms with Crippen molar-refractivity contribution in [1.29, 1.82) is 0 Å². The van der Waals surface area contributed by atoms with Crippen LogP contribution in [0, 0.1) is 18.7 Å². The Bertz CT molecular complexity index is 522. The largest absolute Gasteiger partial charge is 0.481 e. The number of hydrogen-bond donors (Lipinski definition) is 1. The number of nitrogens with zero attached hydrogens (tertiary/aromatic N) is 1. The Morgan fingerprint density at radius 2 is 2.00 bits per heavy atom. The average molecular weight is 279 g/mol. The van der Waals surface area contributed by atoms with Crippen LogP contribution in [0.5, 0.6) is 0 Å². The van der Waals surface area contributed by atoms with Gasteiger partial charge in [-0.05, 0) is 43.4 Å². The van der Waals surface area contributed by atoms with Crippen LogP contribution in [0.15, 0.2) is 18.2 Å². The van der Waals surface area contributed by atoms with Crippen molar-refractivity contribution in [3.63, 3.8) is 0 Å². The van der Waals surface area contributed by atoms with Crippen molar-refractivity contribution in [2.75, 3.05) is 13.1 Å². The molecule has 0 aliphatic carbocycles. The summed E-state index contributed by atoms with van der Waals surface area (Å²) in [5.41, 5.74) is 0.867. The minimum atomic E-state index is -0.806. The fourth-order valence-electron chi connectivity index (χ4n) is 2.55. The first-order valence-electron chi connectivity index (χ1n) is 6.74. The summed E-state index contributed by atoms with van der Waals surface area (Å²) >= 11 is 0. The molecule has 0 aromatic heterocycles. The van der Waals surface area contributed by atoms with E-state index < -0.39 is 11.8 Å². The number of benzene rings is 1. The number of hydrogen-bond acceptors (Lipinski definition) is 2. The van der Waals surface area contributed by atoms with E-state index in [0.717, 1.165) is 5.56 Å². The topological polar surface area (TPSA) is 57.6 Å². The number of halogens is 1. The molecule has 1 amide bonds. The maximum Gasteiger partial charge on any atom is 0.303 e. The van der Waals surface area contributed by atoms with Gasteiger partial charge in [0, 0.05) is 19.5 Å². The molecular weight excluding hydrogens is 261 g/mol. The van der Waals surface area contributed by atoms with E-state index in [9.17, 15) is 14.0 Å². The van der Waals surface area contributed by atoms with Crippen LogP contribution in [0.25, 0.3) is 0 Å². The van der Waals surface area contributed by atoms with Crippen molar-refractivity contribution in [2.24, 2.45) is 5.92 Å². The molecule has 1 aliphatic heterocycles. The fraction of sp³-hybridized carbons (Fsp3) is 0.467. The van der Waals surface area contributed by atoms with Gasteiger partial charge in [-0.3, -0.25) is 9.59 Å². The number of carboxylic acids is 1. The molecule has 1 N–H and O–H groups in total. The zero-order valence-corrected chi connectivity index (χ0v) is 11.4. The third-order valence-electron chi connectivity index (χ3n) is 3.72. The summed E-state index contributed by atoms with van der Waals surface area (Å²) in [6.07, 6.45) is 1.46.